The van der Waals surface area contributed by atoms with Gasteiger partial charge in [-0.2, -0.15) is 0 Å². The van der Waals surface area contributed by atoms with Crippen LogP contribution in [0.15, 0.2) is 17.2 Å². The molecule has 0 radical (unpaired) electrons. The van der Waals surface area contributed by atoms with Crippen molar-refractivity contribution in [1.82, 2.24) is 14.1 Å². The van der Waals surface area contributed by atoms with Crippen molar-refractivity contribution in [3.63, 3.8) is 0 Å². The Bertz CT molecular complexity index is 742. The number of carboxylic acids is 1. The molecule has 1 aliphatic rings. The number of aromatic nitrogens is 3. The normalized spacial score (nSPS) is 13.7. The van der Waals surface area contributed by atoms with Gasteiger partial charge in [-0.15, -0.1) is 0 Å². The molecule has 8 heteroatoms. The van der Waals surface area contributed by atoms with E-state index in [1.54, 1.807) is 0 Å². The number of anilines is 1. The minimum absolute atomic E-state index is 0.133. The Kier molecular flexibility index (Phi) is 2.00. The molecule has 1 N–H and O–H groups in total. The molecule has 18 heavy (non-hydrogen) atoms. The van der Waals surface area contributed by atoms with Crippen molar-refractivity contribution in [2.24, 2.45) is 0 Å². The topological polar surface area (TPSA) is 109 Å². The molecular formula is C10H7N4O4-. The molecule has 0 spiro atoms. The number of nitrogens with zero attached hydrogens (tertiary/aromatic N) is 3. The van der Waals surface area contributed by atoms with E-state index in [0.717, 1.165) is 4.57 Å². The number of nitrogens with one attached hydrogen (secondary N) is 1. The average Bonchev–Trinajstić information content (AvgIpc) is 2.56. The van der Waals surface area contributed by atoms with Gasteiger partial charge in [-0.05, 0) is 0 Å². The van der Waals surface area contributed by atoms with Crippen LogP contribution in [0.1, 0.15) is 0 Å². The molecule has 0 aliphatic carbocycles. The summed E-state index contributed by atoms with van der Waals surface area (Å²) < 4.78 is 2.26. The van der Waals surface area contributed by atoms with Crippen LogP contribution in [-0.2, 0) is 22.7 Å². The number of carbonyl (C=O) groups excluding carboxylic acids is 2. The van der Waals surface area contributed by atoms with E-state index in [0.29, 0.717) is 16.7 Å². The molecule has 0 saturated heterocycles. The van der Waals surface area contributed by atoms with Crippen molar-refractivity contribution in [1.29, 1.82) is 0 Å². The molecule has 0 unspecified atom stereocenters. The fraction of sp³-hybridized carbons (Fsp3) is 0.200. The lowest BCUT2D eigenvalue weighted by Gasteiger charge is -2.13. The summed E-state index contributed by atoms with van der Waals surface area (Å²) in [6.45, 7) is -0.700. The zero-order chi connectivity index (χ0) is 12.9. The molecule has 1 aliphatic heterocycles. The zero-order valence-electron chi connectivity index (χ0n) is 9.04. The largest absolute Gasteiger partial charge is 0.548 e. The third kappa shape index (κ3) is 1.32. The van der Waals surface area contributed by atoms with Gasteiger partial charge in [-0.25, -0.2) is 4.79 Å². The van der Waals surface area contributed by atoms with Crippen LogP contribution >= 0.6 is 0 Å². The van der Waals surface area contributed by atoms with E-state index in [2.05, 4.69) is 10.3 Å². The van der Waals surface area contributed by atoms with E-state index >= 15 is 0 Å². The van der Waals surface area contributed by atoms with Crippen LogP contribution in [0, 0.1) is 0 Å². The highest BCUT2D eigenvalue weighted by molar-refractivity contribution is 6.02. The maximum Gasteiger partial charge on any atom is 0.330 e. The molecule has 0 aromatic carbocycles. The Morgan fingerprint density at radius 2 is 2.22 bits per heavy atom. The quantitative estimate of drug-likeness (QED) is 0.653. The smallest absolute Gasteiger partial charge is 0.330 e. The number of rotatable bonds is 2. The molecule has 2 aromatic rings. The third-order valence-electron chi connectivity index (χ3n) is 2.78. The maximum atomic E-state index is 12.0. The predicted octanol–water partition coefficient (Wildman–Crippen LogP) is -2.10. The van der Waals surface area contributed by atoms with Crippen LogP contribution in [-0.4, -0.2) is 26.0 Å². The molecule has 3 rings (SSSR count). The molecule has 8 nitrogen and oxygen atoms in total. The number of carbonyl (C=O) groups is 2. The Balaban J connectivity index is 2.38. The van der Waals surface area contributed by atoms with Gasteiger partial charge in [-0.3, -0.25) is 18.9 Å². The number of aliphatic carboxylic acids is 1. The fourth-order valence-corrected chi connectivity index (χ4v) is 2.12. The van der Waals surface area contributed by atoms with Crippen molar-refractivity contribution in [2.45, 2.75) is 13.1 Å². The van der Waals surface area contributed by atoms with E-state index < -0.39 is 18.2 Å². The second-order valence-corrected chi connectivity index (χ2v) is 3.93. The molecular weight excluding hydrogens is 240 g/mol. The molecule has 3 heterocycles. The molecule has 92 valence electrons. The summed E-state index contributed by atoms with van der Waals surface area (Å²) in [4.78, 5) is 37.9. The van der Waals surface area contributed by atoms with Gasteiger partial charge in [-0.1, -0.05) is 0 Å². The first-order valence-electron chi connectivity index (χ1n) is 5.14. The first-order valence-corrected chi connectivity index (χ1v) is 5.14. The molecule has 0 bridgehead atoms. The van der Waals surface area contributed by atoms with Crippen LogP contribution < -0.4 is 16.1 Å². The zero-order valence-corrected chi connectivity index (χ0v) is 9.04. The molecule has 2 aromatic heterocycles. The first-order chi connectivity index (χ1) is 8.58. The van der Waals surface area contributed by atoms with Gasteiger partial charge in [0.05, 0.1) is 41.6 Å². The van der Waals surface area contributed by atoms with E-state index in [1.807, 2.05) is 0 Å². The van der Waals surface area contributed by atoms with Gasteiger partial charge in [0, 0.05) is 0 Å². The lowest BCUT2D eigenvalue weighted by atomic mass is 10.3. The number of carboxylic acid groups (broad SMARTS) is 1. The lowest BCUT2D eigenvalue weighted by molar-refractivity contribution is -0.306. The second-order valence-electron chi connectivity index (χ2n) is 3.93. The second kappa shape index (κ2) is 3.42. The van der Waals surface area contributed by atoms with Gasteiger partial charge >= 0.3 is 5.69 Å². The summed E-state index contributed by atoms with van der Waals surface area (Å²) in [6, 6.07) is 0. The van der Waals surface area contributed by atoms with Crippen LogP contribution in [0.5, 0.6) is 0 Å². The van der Waals surface area contributed by atoms with Crippen LogP contribution in [0.2, 0.25) is 0 Å². The highest BCUT2D eigenvalue weighted by Gasteiger charge is 2.23. The van der Waals surface area contributed by atoms with Crippen LogP contribution in [0.25, 0.3) is 11.0 Å². The summed E-state index contributed by atoms with van der Waals surface area (Å²) in [5, 5.41) is 13.2. The first kappa shape index (κ1) is 10.5. The van der Waals surface area contributed by atoms with Crippen molar-refractivity contribution in [3.8, 4) is 0 Å². The number of imidazole rings is 1. The van der Waals surface area contributed by atoms with Crippen LogP contribution in [0.4, 0.5) is 5.69 Å². The van der Waals surface area contributed by atoms with Gasteiger partial charge < -0.3 is 15.2 Å². The minimum Gasteiger partial charge on any atom is -0.548 e. The van der Waals surface area contributed by atoms with E-state index in [1.165, 1.54) is 17.0 Å². The monoisotopic (exact) mass is 247 g/mol. The highest BCUT2D eigenvalue weighted by Crippen LogP contribution is 2.24. The van der Waals surface area contributed by atoms with Crippen molar-refractivity contribution >= 4 is 28.6 Å². The predicted molar refractivity (Wildman–Crippen MR) is 57.6 cm³/mol. The SMILES string of the molecule is O=C([O-])Cn1c(=O)n2c3c(cncc31)NC(=O)C2. The Morgan fingerprint density at radius 1 is 1.44 bits per heavy atom. The van der Waals surface area contributed by atoms with E-state index in [4.69, 9.17) is 0 Å². The van der Waals surface area contributed by atoms with E-state index in [9.17, 15) is 19.5 Å². The number of pyridine rings is 1. The molecule has 0 saturated carbocycles. The van der Waals surface area contributed by atoms with Gasteiger partial charge in [0.1, 0.15) is 6.54 Å². The Labute approximate surface area is 99.5 Å². The molecule has 0 atom stereocenters. The third-order valence-corrected chi connectivity index (χ3v) is 2.78. The average molecular weight is 247 g/mol. The number of hydrogen-bond acceptors (Lipinski definition) is 5. The van der Waals surface area contributed by atoms with Gasteiger partial charge in [0.15, 0.2) is 0 Å². The summed E-state index contributed by atoms with van der Waals surface area (Å²) in [6.07, 6.45) is 2.80. The molecule has 1 amide bonds. The number of hydrogen-bond donors (Lipinski definition) is 1. The lowest BCUT2D eigenvalue weighted by Crippen LogP contribution is -2.35. The highest BCUT2D eigenvalue weighted by atomic mass is 16.4. The van der Waals surface area contributed by atoms with E-state index in [-0.39, 0.29) is 12.5 Å². The fourth-order valence-electron chi connectivity index (χ4n) is 2.12. The summed E-state index contributed by atoms with van der Waals surface area (Å²) in [5.74, 6) is -1.72. The Hall–Kier alpha value is -2.64. The van der Waals surface area contributed by atoms with Gasteiger partial charge in [0.25, 0.3) is 0 Å². The van der Waals surface area contributed by atoms with Gasteiger partial charge in [0.2, 0.25) is 5.91 Å². The van der Waals surface area contributed by atoms with Crippen molar-refractivity contribution < 1.29 is 14.7 Å². The van der Waals surface area contributed by atoms with Crippen molar-refractivity contribution in [3.05, 3.63) is 22.9 Å². The van der Waals surface area contributed by atoms with Crippen molar-refractivity contribution in [2.75, 3.05) is 5.32 Å². The maximum absolute atomic E-state index is 12.0. The summed E-state index contributed by atoms with van der Waals surface area (Å²) >= 11 is 0. The summed E-state index contributed by atoms with van der Waals surface area (Å²) in [5.41, 5.74) is 0.689. The summed E-state index contributed by atoms with van der Waals surface area (Å²) in [7, 11) is 0. The molecule has 0 fully saturated rings. The standard InChI is InChI=1S/C10H8N4O4/c15-7-3-14-9-5(12-7)1-11-2-6(9)13(10(14)18)4-8(16)17/h1-2H,3-4H2,(H,12,15)(H,16,17)/p-1. The number of amides is 1. The minimum atomic E-state index is -1.37. The Morgan fingerprint density at radius 3 is 2.94 bits per heavy atom. The van der Waals surface area contributed by atoms with Crippen LogP contribution in [0.3, 0.4) is 0 Å².